The molecule has 3 nitrogen and oxygen atoms in total. The van der Waals surface area contributed by atoms with Gasteiger partial charge in [-0.3, -0.25) is 4.79 Å². The average Bonchev–Trinajstić information content (AvgIpc) is 3.21. The first-order valence-electron chi connectivity index (χ1n) is 7.19. The van der Waals surface area contributed by atoms with Gasteiger partial charge in [0.05, 0.1) is 6.61 Å². The second-order valence-electron chi connectivity index (χ2n) is 5.33. The lowest BCUT2D eigenvalue weighted by molar-refractivity contribution is -0.143. The molecule has 3 heteroatoms. The Morgan fingerprint density at radius 1 is 1.47 bits per heavy atom. The number of ether oxygens (including phenoxy) is 1. The Kier molecular flexibility index (Phi) is 4.97. The van der Waals surface area contributed by atoms with E-state index in [0.29, 0.717) is 19.4 Å². The quantitative estimate of drug-likeness (QED) is 0.768. The van der Waals surface area contributed by atoms with Crippen molar-refractivity contribution in [2.24, 2.45) is 5.73 Å². The van der Waals surface area contributed by atoms with Crippen molar-refractivity contribution in [3.63, 3.8) is 0 Å². The van der Waals surface area contributed by atoms with Crippen LogP contribution in [0.3, 0.4) is 0 Å². The second kappa shape index (κ2) is 6.71. The van der Waals surface area contributed by atoms with Crippen LogP contribution in [0.4, 0.5) is 0 Å². The van der Waals surface area contributed by atoms with Crippen LogP contribution in [0, 0.1) is 0 Å². The maximum atomic E-state index is 11.3. The van der Waals surface area contributed by atoms with E-state index in [4.69, 9.17) is 10.5 Å². The maximum absolute atomic E-state index is 11.3. The molecule has 0 amide bonds. The smallest absolute Gasteiger partial charge is 0.305 e. The number of benzene rings is 1. The third-order valence-corrected chi connectivity index (χ3v) is 3.52. The van der Waals surface area contributed by atoms with Gasteiger partial charge in [0.2, 0.25) is 0 Å². The van der Waals surface area contributed by atoms with Gasteiger partial charge in [0, 0.05) is 12.5 Å². The lowest BCUT2D eigenvalue weighted by atomic mass is 9.99. The molecule has 2 N–H and O–H groups in total. The summed E-state index contributed by atoms with van der Waals surface area (Å²) in [6.45, 7) is 2.26. The summed E-state index contributed by atoms with van der Waals surface area (Å²) < 4.78 is 4.91. The monoisotopic (exact) mass is 261 g/mol. The molecule has 0 saturated heterocycles. The molecule has 1 aliphatic rings. The third-order valence-electron chi connectivity index (χ3n) is 3.52. The van der Waals surface area contributed by atoms with Crippen LogP contribution in [-0.4, -0.2) is 18.6 Å². The van der Waals surface area contributed by atoms with E-state index < -0.39 is 0 Å². The average molecular weight is 261 g/mol. The van der Waals surface area contributed by atoms with Gasteiger partial charge in [-0.2, -0.15) is 0 Å². The standard InChI is InChI=1S/C16H23NO2/c1-2-19-16(18)9-8-15(17)11-12-4-3-5-14(10-12)13-6-7-13/h3-5,10,13,15H,2,6-9,11,17H2,1H3. The Morgan fingerprint density at radius 2 is 2.26 bits per heavy atom. The number of carbonyl (C=O) groups excluding carboxylic acids is 1. The first-order valence-corrected chi connectivity index (χ1v) is 7.19. The normalized spacial score (nSPS) is 16.1. The van der Waals surface area contributed by atoms with Gasteiger partial charge in [-0.25, -0.2) is 0 Å². The van der Waals surface area contributed by atoms with Crippen LogP contribution < -0.4 is 5.73 Å². The summed E-state index contributed by atoms with van der Waals surface area (Å²) in [6.07, 6.45) is 4.57. The Labute approximate surface area is 115 Å². The molecule has 1 aliphatic carbocycles. The molecular formula is C16H23NO2. The van der Waals surface area contributed by atoms with Gasteiger partial charge in [-0.1, -0.05) is 24.3 Å². The third kappa shape index (κ3) is 4.67. The van der Waals surface area contributed by atoms with Gasteiger partial charge in [0.1, 0.15) is 0 Å². The first kappa shape index (κ1) is 14.1. The summed E-state index contributed by atoms with van der Waals surface area (Å²) >= 11 is 0. The van der Waals surface area contributed by atoms with Gasteiger partial charge in [0.15, 0.2) is 0 Å². The van der Waals surface area contributed by atoms with Crippen molar-refractivity contribution in [2.75, 3.05) is 6.61 Å². The van der Waals surface area contributed by atoms with Crippen molar-refractivity contribution in [1.29, 1.82) is 0 Å². The van der Waals surface area contributed by atoms with E-state index in [1.165, 1.54) is 24.0 Å². The molecule has 1 atom stereocenters. The summed E-state index contributed by atoms with van der Waals surface area (Å²) in [5, 5.41) is 0. The van der Waals surface area contributed by atoms with Crippen molar-refractivity contribution in [3.05, 3.63) is 35.4 Å². The second-order valence-corrected chi connectivity index (χ2v) is 5.33. The number of carbonyl (C=O) groups is 1. The molecule has 0 aromatic heterocycles. The van der Waals surface area contributed by atoms with Crippen molar-refractivity contribution in [2.45, 2.75) is 51.0 Å². The molecule has 1 aromatic carbocycles. The van der Waals surface area contributed by atoms with Gasteiger partial charge in [-0.15, -0.1) is 0 Å². The Morgan fingerprint density at radius 3 is 2.95 bits per heavy atom. The van der Waals surface area contributed by atoms with Crippen LogP contribution in [0.2, 0.25) is 0 Å². The molecule has 0 spiro atoms. The Hall–Kier alpha value is -1.35. The Bertz CT molecular complexity index is 427. The zero-order chi connectivity index (χ0) is 13.7. The minimum absolute atomic E-state index is 0.0267. The minimum atomic E-state index is -0.148. The van der Waals surface area contributed by atoms with Crippen LogP contribution in [-0.2, 0) is 16.0 Å². The van der Waals surface area contributed by atoms with Crippen molar-refractivity contribution >= 4 is 5.97 Å². The molecular weight excluding hydrogens is 238 g/mol. The number of nitrogens with two attached hydrogens (primary N) is 1. The Balaban J connectivity index is 1.79. The highest BCUT2D eigenvalue weighted by Gasteiger charge is 2.23. The summed E-state index contributed by atoms with van der Waals surface area (Å²) in [5.41, 5.74) is 8.80. The zero-order valence-corrected chi connectivity index (χ0v) is 11.6. The summed E-state index contributed by atoms with van der Waals surface area (Å²) in [5.74, 6) is 0.625. The molecule has 1 fully saturated rings. The number of hydrogen-bond acceptors (Lipinski definition) is 3. The van der Waals surface area contributed by atoms with Crippen LogP contribution in [0.5, 0.6) is 0 Å². The molecule has 2 rings (SSSR count). The van der Waals surface area contributed by atoms with Gasteiger partial charge in [-0.05, 0) is 49.7 Å². The summed E-state index contributed by atoms with van der Waals surface area (Å²) in [6, 6.07) is 8.73. The summed E-state index contributed by atoms with van der Waals surface area (Å²) in [7, 11) is 0. The predicted molar refractivity (Wildman–Crippen MR) is 76.0 cm³/mol. The van der Waals surface area contributed by atoms with E-state index >= 15 is 0 Å². The molecule has 1 aromatic rings. The lowest BCUT2D eigenvalue weighted by Crippen LogP contribution is -2.24. The van der Waals surface area contributed by atoms with E-state index in [1.807, 2.05) is 6.92 Å². The number of hydrogen-bond donors (Lipinski definition) is 1. The highest BCUT2D eigenvalue weighted by atomic mass is 16.5. The summed E-state index contributed by atoms with van der Waals surface area (Å²) in [4.78, 5) is 11.3. The molecule has 1 saturated carbocycles. The van der Waals surface area contributed by atoms with Crippen LogP contribution in [0.1, 0.15) is 49.7 Å². The molecule has 0 heterocycles. The molecule has 0 radical (unpaired) electrons. The minimum Gasteiger partial charge on any atom is -0.466 e. The van der Waals surface area contributed by atoms with Crippen LogP contribution in [0.15, 0.2) is 24.3 Å². The topological polar surface area (TPSA) is 52.3 Å². The molecule has 0 bridgehead atoms. The fourth-order valence-corrected chi connectivity index (χ4v) is 2.33. The van der Waals surface area contributed by atoms with E-state index in [9.17, 15) is 4.79 Å². The predicted octanol–water partition coefficient (Wildman–Crippen LogP) is 2.78. The van der Waals surface area contributed by atoms with Crippen LogP contribution in [0.25, 0.3) is 0 Å². The highest BCUT2D eigenvalue weighted by molar-refractivity contribution is 5.69. The van der Waals surface area contributed by atoms with E-state index in [-0.39, 0.29) is 12.0 Å². The fourth-order valence-electron chi connectivity index (χ4n) is 2.33. The lowest BCUT2D eigenvalue weighted by Gasteiger charge is -2.12. The largest absolute Gasteiger partial charge is 0.466 e. The first-order chi connectivity index (χ1) is 9.19. The van der Waals surface area contributed by atoms with E-state index in [0.717, 1.165) is 12.3 Å². The highest BCUT2D eigenvalue weighted by Crippen LogP contribution is 2.40. The van der Waals surface area contributed by atoms with E-state index in [2.05, 4.69) is 24.3 Å². The van der Waals surface area contributed by atoms with Crippen molar-refractivity contribution in [3.8, 4) is 0 Å². The van der Waals surface area contributed by atoms with E-state index in [1.54, 1.807) is 0 Å². The fraction of sp³-hybridized carbons (Fsp3) is 0.562. The van der Waals surface area contributed by atoms with Crippen molar-refractivity contribution < 1.29 is 9.53 Å². The molecule has 104 valence electrons. The number of rotatable bonds is 7. The maximum Gasteiger partial charge on any atom is 0.305 e. The van der Waals surface area contributed by atoms with Gasteiger partial charge in [0.25, 0.3) is 0 Å². The number of esters is 1. The van der Waals surface area contributed by atoms with Gasteiger partial charge < -0.3 is 10.5 Å². The van der Waals surface area contributed by atoms with Crippen molar-refractivity contribution in [1.82, 2.24) is 0 Å². The van der Waals surface area contributed by atoms with Gasteiger partial charge >= 0.3 is 5.97 Å². The molecule has 19 heavy (non-hydrogen) atoms. The van der Waals surface area contributed by atoms with Crippen LogP contribution >= 0.6 is 0 Å². The SMILES string of the molecule is CCOC(=O)CCC(N)Cc1cccc(C2CC2)c1. The molecule has 1 unspecified atom stereocenters. The molecule has 0 aliphatic heterocycles. The zero-order valence-electron chi connectivity index (χ0n) is 11.6.